The van der Waals surface area contributed by atoms with Gasteiger partial charge in [0.05, 0.1) is 6.54 Å². The Labute approximate surface area is 102 Å². The molecule has 1 aromatic carbocycles. The van der Waals surface area contributed by atoms with Gasteiger partial charge in [0.2, 0.25) is 0 Å². The van der Waals surface area contributed by atoms with Crippen molar-refractivity contribution in [3.8, 4) is 0 Å². The maximum Gasteiger partial charge on any atom is 0.145 e. The van der Waals surface area contributed by atoms with Crippen LogP contribution in [0.15, 0.2) is 30.6 Å². The molecule has 78 valence electrons. The molecule has 0 atom stereocenters. The number of nitrogens with one attached hydrogen (secondary N) is 1. The van der Waals surface area contributed by atoms with Crippen LogP contribution in [0.5, 0.6) is 0 Å². The Bertz CT molecular complexity index is 452. The highest BCUT2D eigenvalue weighted by atomic mass is 127. The zero-order valence-electron chi connectivity index (χ0n) is 8.31. The Hall–Kier alpha value is -1.11. The molecule has 0 aliphatic heterocycles. The molecule has 2 rings (SSSR count). The highest BCUT2D eigenvalue weighted by Crippen LogP contribution is 2.17. The standard InChI is InChI=1S/C10H11IN4/c1-15-10(13-7-14-15)6-12-9-5-3-2-4-8(9)11/h2-5,7,12H,6H2,1H3. The van der Waals surface area contributed by atoms with Crippen molar-refractivity contribution in [1.29, 1.82) is 0 Å². The summed E-state index contributed by atoms with van der Waals surface area (Å²) in [4.78, 5) is 4.15. The molecule has 1 N–H and O–H groups in total. The van der Waals surface area contributed by atoms with Crippen molar-refractivity contribution in [2.45, 2.75) is 6.54 Å². The molecule has 0 aliphatic rings. The third-order valence-electron chi connectivity index (χ3n) is 2.12. The fraction of sp³-hybridized carbons (Fsp3) is 0.200. The lowest BCUT2D eigenvalue weighted by molar-refractivity contribution is 0.712. The normalized spacial score (nSPS) is 10.3. The first-order valence-electron chi connectivity index (χ1n) is 4.58. The number of aryl methyl sites for hydroxylation is 1. The van der Waals surface area contributed by atoms with Gasteiger partial charge in [-0.2, -0.15) is 5.10 Å². The Balaban J connectivity index is 2.06. The van der Waals surface area contributed by atoms with Gasteiger partial charge in [0.1, 0.15) is 12.2 Å². The fourth-order valence-electron chi connectivity index (χ4n) is 1.26. The summed E-state index contributed by atoms with van der Waals surface area (Å²) >= 11 is 2.30. The zero-order chi connectivity index (χ0) is 10.7. The van der Waals surface area contributed by atoms with E-state index < -0.39 is 0 Å². The van der Waals surface area contributed by atoms with E-state index >= 15 is 0 Å². The van der Waals surface area contributed by atoms with E-state index in [2.05, 4.69) is 50.1 Å². The van der Waals surface area contributed by atoms with Gasteiger partial charge in [0.25, 0.3) is 0 Å². The summed E-state index contributed by atoms with van der Waals surface area (Å²) in [5.74, 6) is 0.926. The summed E-state index contributed by atoms with van der Waals surface area (Å²) in [7, 11) is 1.89. The number of aromatic nitrogens is 3. The van der Waals surface area contributed by atoms with E-state index in [1.165, 1.54) is 3.57 Å². The van der Waals surface area contributed by atoms with E-state index in [-0.39, 0.29) is 0 Å². The summed E-state index contributed by atoms with van der Waals surface area (Å²) in [5.41, 5.74) is 1.13. The third kappa shape index (κ3) is 2.47. The highest BCUT2D eigenvalue weighted by Gasteiger charge is 2.01. The molecule has 15 heavy (non-hydrogen) atoms. The van der Waals surface area contributed by atoms with E-state index in [9.17, 15) is 0 Å². The third-order valence-corrected chi connectivity index (χ3v) is 3.06. The van der Waals surface area contributed by atoms with Crippen molar-refractivity contribution in [1.82, 2.24) is 14.8 Å². The molecule has 1 aromatic heterocycles. The number of nitrogens with zero attached hydrogens (tertiary/aromatic N) is 3. The molecule has 2 aromatic rings. The summed E-state index contributed by atoms with van der Waals surface area (Å²) in [5, 5.41) is 7.34. The quantitative estimate of drug-likeness (QED) is 0.882. The number of para-hydroxylation sites is 1. The Kier molecular flexibility index (Phi) is 3.20. The maximum atomic E-state index is 4.15. The van der Waals surface area contributed by atoms with Crippen molar-refractivity contribution < 1.29 is 0 Å². The second-order valence-corrected chi connectivity index (χ2v) is 4.30. The van der Waals surface area contributed by atoms with Gasteiger partial charge in [0.15, 0.2) is 0 Å². The van der Waals surface area contributed by atoms with E-state index in [0.29, 0.717) is 6.54 Å². The number of hydrogen-bond acceptors (Lipinski definition) is 3. The van der Waals surface area contributed by atoms with Gasteiger partial charge in [-0.3, -0.25) is 4.68 Å². The largest absolute Gasteiger partial charge is 0.377 e. The van der Waals surface area contributed by atoms with Gasteiger partial charge in [-0.25, -0.2) is 4.98 Å². The predicted molar refractivity (Wildman–Crippen MR) is 67.5 cm³/mol. The molecule has 0 amide bonds. The van der Waals surface area contributed by atoms with Crippen molar-refractivity contribution in [2.75, 3.05) is 5.32 Å². The number of benzene rings is 1. The second kappa shape index (κ2) is 4.61. The summed E-state index contributed by atoms with van der Waals surface area (Å²) in [6.07, 6.45) is 1.56. The van der Waals surface area contributed by atoms with Crippen LogP contribution in [-0.4, -0.2) is 14.8 Å². The molecule has 0 spiro atoms. The number of hydrogen-bond donors (Lipinski definition) is 1. The second-order valence-electron chi connectivity index (χ2n) is 3.13. The Morgan fingerprint density at radius 2 is 2.20 bits per heavy atom. The van der Waals surface area contributed by atoms with Crippen LogP contribution >= 0.6 is 22.6 Å². The topological polar surface area (TPSA) is 42.7 Å². The minimum atomic E-state index is 0.691. The molecular formula is C10H11IN4. The monoisotopic (exact) mass is 314 g/mol. The molecule has 0 fully saturated rings. The smallest absolute Gasteiger partial charge is 0.145 e. The zero-order valence-corrected chi connectivity index (χ0v) is 10.5. The molecule has 0 radical (unpaired) electrons. The SMILES string of the molecule is Cn1ncnc1CNc1ccccc1I. The molecule has 0 bridgehead atoms. The highest BCUT2D eigenvalue weighted by molar-refractivity contribution is 14.1. The first-order valence-corrected chi connectivity index (χ1v) is 5.66. The van der Waals surface area contributed by atoms with Gasteiger partial charge in [-0.1, -0.05) is 12.1 Å². The predicted octanol–water partition coefficient (Wildman–Crippen LogP) is 2.03. The van der Waals surface area contributed by atoms with Gasteiger partial charge < -0.3 is 5.32 Å². The number of rotatable bonds is 3. The molecule has 0 saturated carbocycles. The van der Waals surface area contributed by atoms with Gasteiger partial charge in [-0.05, 0) is 34.7 Å². The summed E-state index contributed by atoms with van der Waals surface area (Å²) < 4.78 is 2.97. The van der Waals surface area contributed by atoms with Crippen LogP contribution in [-0.2, 0) is 13.6 Å². The van der Waals surface area contributed by atoms with Crippen LogP contribution in [0.1, 0.15) is 5.82 Å². The van der Waals surface area contributed by atoms with Crippen LogP contribution in [0.3, 0.4) is 0 Å². The minimum absolute atomic E-state index is 0.691. The van der Waals surface area contributed by atoms with Crippen molar-refractivity contribution in [2.24, 2.45) is 7.05 Å². The molecule has 4 nitrogen and oxygen atoms in total. The van der Waals surface area contributed by atoms with Crippen LogP contribution in [0, 0.1) is 3.57 Å². The molecule has 5 heteroatoms. The molecule has 0 saturated heterocycles. The van der Waals surface area contributed by atoms with Gasteiger partial charge in [0, 0.05) is 16.3 Å². The first-order chi connectivity index (χ1) is 7.27. The Morgan fingerprint density at radius 3 is 2.87 bits per heavy atom. The molecule has 0 aliphatic carbocycles. The Morgan fingerprint density at radius 1 is 1.40 bits per heavy atom. The van der Waals surface area contributed by atoms with Crippen LogP contribution < -0.4 is 5.32 Å². The average Bonchev–Trinajstić information content (AvgIpc) is 2.63. The summed E-state index contributed by atoms with van der Waals surface area (Å²) in [6, 6.07) is 8.16. The van der Waals surface area contributed by atoms with Crippen LogP contribution in [0.2, 0.25) is 0 Å². The van der Waals surface area contributed by atoms with Crippen molar-refractivity contribution in [3.63, 3.8) is 0 Å². The van der Waals surface area contributed by atoms with Gasteiger partial charge in [-0.15, -0.1) is 0 Å². The molecule has 1 heterocycles. The molecule has 0 unspecified atom stereocenters. The fourth-order valence-corrected chi connectivity index (χ4v) is 1.84. The van der Waals surface area contributed by atoms with E-state index in [4.69, 9.17) is 0 Å². The van der Waals surface area contributed by atoms with Crippen molar-refractivity contribution in [3.05, 3.63) is 40.0 Å². The van der Waals surface area contributed by atoms with Crippen LogP contribution in [0.25, 0.3) is 0 Å². The van der Waals surface area contributed by atoms with Crippen LogP contribution in [0.4, 0.5) is 5.69 Å². The first kappa shape index (κ1) is 10.4. The minimum Gasteiger partial charge on any atom is -0.377 e. The van der Waals surface area contributed by atoms with Gasteiger partial charge >= 0.3 is 0 Å². The number of anilines is 1. The van der Waals surface area contributed by atoms with E-state index in [1.54, 1.807) is 11.0 Å². The summed E-state index contributed by atoms with van der Waals surface area (Å²) in [6.45, 7) is 0.691. The lowest BCUT2D eigenvalue weighted by Gasteiger charge is -2.07. The van der Waals surface area contributed by atoms with E-state index in [0.717, 1.165) is 11.5 Å². The maximum absolute atomic E-state index is 4.15. The number of halogens is 1. The van der Waals surface area contributed by atoms with Crippen molar-refractivity contribution >= 4 is 28.3 Å². The average molecular weight is 314 g/mol. The lowest BCUT2D eigenvalue weighted by atomic mass is 10.3. The molecular weight excluding hydrogens is 303 g/mol. The van der Waals surface area contributed by atoms with E-state index in [1.807, 2.05) is 19.2 Å². The lowest BCUT2D eigenvalue weighted by Crippen LogP contribution is -2.07.